The molecule has 1 amide bonds. The topological polar surface area (TPSA) is 116 Å². The predicted molar refractivity (Wildman–Crippen MR) is 195 cm³/mol. The predicted octanol–water partition coefficient (Wildman–Crippen LogP) is 6.34. The summed E-state index contributed by atoms with van der Waals surface area (Å²) in [5.74, 6) is -0.528. The van der Waals surface area contributed by atoms with E-state index in [1.807, 2.05) is 24.3 Å². The number of esters is 1. The molecule has 0 saturated heterocycles. The quantitative estimate of drug-likeness (QED) is 0.0656. The zero-order valence-corrected chi connectivity index (χ0v) is 28.3. The number of hydrogen-bond donors (Lipinski definition) is 4. The van der Waals surface area contributed by atoms with Crippen molar-refractivity contribution >= 4 is 29.0 Å². The number of carbonyl (C=O) groups is 2. The van der Waals surface area contributed by atoms with Gasteiger partial charge in [-0.1, -0.05) is 60.7 Å². The lowest BCUT2D eigenvalue weighted by atomic mass is 9.91. The van der Waals surface area contributed by atoms with Crippen molar-refractivity contribution in [3.63, 3.8) is 0 Å². The highest BCUT2D eigenvalue weighted by atomic mass is 16.5. The fraction of sp³-hybridized carbons (Fsp3) is 0.317. The Morgan fingerprint density at radius 1 is 0.960 bits per heavy atom. The summed E-state index contributed by atoms with van der Waals surface area (Å²) in [4.78, 5) is 26.7. The highest BCUT2D eigenvalue weighted by molar-refractivity contribution is 5.93. The molecule has 50 heavy (non-hydrogen) atoms. The van der Waals surface area contributed by atoms with Crippen molar-refractivity contribution in [1.29, 1.82) is 0 Å². The summed E-state index contributed by atoms with van der Waals surface area (Å²) in [7, 11) is 2.20. The molecule has 1 atom stereocenters. The molecule has 9 heteroatoms. The van der Waals surface area contributed by atoms with E-state index in [0.717, 1.165) is 66.6 Å². The van der Waals surface area contributed by atoms with E-state index in [1.54, 1.807) is 12.1 Å². The van der Waals surface area contributed by atoms with Crippen molar-refractivity contribution in [3.8, 4) is 16.9 Å². The second-order valence-corrected chi connectivity index (χ2v) is 13.5. The van der Waals surface area contributed by atoms with Gasteiger partial charge in [0.2, 0.25) is 6.41 Å². The molecule has 0 unspecified atom stereocenters. The minimum absolute atomic E-state index is 0.0428. The van der Waals surface area contributed by atoms with Gasteiger partial charge in [0.05, 0.1) is 11.8 Å². The number of fused-ring (bicyclic) bond motifs is 4. The maximum atomic E-state index is 13.5. The van der Waals surface area contributed by atoms with Crippen LogP contribution in [0.2, 0.25) is 0 Å². The lowest BCUT2D eigenvalue weighted by Gasteiger charge is -2.35. The second-order valence-electron chi connectivity index (χ2n) is 13.5. The molecule has 2 aliphatic carbocycles. The first-order valence-electron chi connectivity index (χ1n) is 17.5. The van der Waals surface area contributed by atoms with E-state index in [2.05, 4.69) is 81.9 Å². The van der Waals surface area contributed by atoms with E-state index in [0.29, 0.717) is 31.1 Å². The fourth-order valence-electron chi connectivity index (χ4n) is 7.66. The number of benzene rings is 4. The molecule has 4 aromatic carbocycles. The number of anilines is 1. The van der Waals surface area contributed by atoms with Crippen molar-refractivity contribution in [3.05, 3.63) is 119 Å². The number of hydrogen-bond acceptors (Lipinski definition) is 7. The SMILES string of the molecule is CN(CCn1ccc2cc(CNC[C@H](O)c3ccc(O)c(NC=O)c3)ccc21)C1CCC(OC(=O)C2c3ccccc3-c3ccccc32)CC1. The first-order chi connectivity index (χ1) is 24.4. The molecule has 1 saturated carbocycles. The van der Waals surface area contributed by atoms with Crippen LogP contribution in [0.25, 0.3) is 22.0 Å². The van der Waals surface area contributed by atoms with Gasteiger partial charge in [-0.15, -0.1) is 0 Å². The van der Waals surface area contributed by atoms with E-state index in [1.165, 1.54) is 17.0 Å². The molecule has 258 valence electrons. The molecule has 1 fully saturated rings. The highest BCUT2D eigenvalue weighted by Gasteiger charge is 2.36. The number of rotatable bonds is 13. The van der Waals surface area contributed by atoms with Crippen molar-refractivity contribution in [2.75, 3.05) is 25.5 Å². The Morgan fingerprint density at radius 2 is 1.68 bits per heavy atom. The third-order valence-corrected chi connectivity index (χ3v) is 10.4. The third-order valence-electron chi connectivity index (χ3n) is 10.4. The van der Waals surface area contributed by atoms with Gasteiger partial charge >= 0.3 is 5.97 Å². The lowest BCUT2D eigenvalue weighted by Crippen LogP contribution is -2.39. The van der Waals surface area contributed by atoms with Crippen LogP contribution in [0.15, 0.2) is 97.2 Å². The summed E-state index contributed by atoms with van der Waals surface area (Å²) in [5.41, 5.74) is 7.53. The zero-order chi connectivity index (χ0) is 34.6. The van der Waals surface area contributed by atoms with Crippen LogP contribution in [0, 0.1) is 0 Å². The van der Waals surface area contributed by atoms with Crippen LogP contribution >= 0.6 is 0 Å². The van der Waals surface area contributed by atoms with Gasteiger partial charge in [-0.3, -0.25) is 9.59 Å². The number of aliphatic hydroxyl groups excluding tert-OH is 1. The number of carbonyl (C=O) groups excluding carboxylic acids is 2. The molecule has 0 aliphatic heterocycles. The van der Waals surface area contributed by atoms with Gasteiger partial charge in [0, 0.05) is 43.9 Å². The van der Waals surface area contributed by atoms with Gasteiger partial charge in [-0.2, -0.15) is 0 Å². The molecular formula is C41H44N4O5. The molecule has 7 rings (SSSR count). The van der Waals surface area contributed by atoms with Gasteiger partial charge in [-0.25, -0.2) is 0 Å². The summed E-state index contributed by atoms with van der Waals surface area (Å²) < 4.78 is 8.47. The van der Waals surface area contributed by atoms with Crippen LogP contribution in [0.4, 0.5) is 5.69 Å². The first-order valence-corrected chi connectivity index (χ1v) is 17.5. The second kappa shape index (κ2) is 14.9. The molecule has 2 aliphatic rings. The number of amides is 1. The smallest absolute Gasteiger partial charge is 0.318 e. The first kappa shape index (κ1) is 33.5. The molecule has 1 heterocycles. The van der Waals surface area contributed by atoms with Crippen molar-refractivity contribution < 1.29 is 24.5 Å². The molecule has 0 bridgehead atoms. The molecule has 4 N–H and O–H groups in total. The van der Waals surface area contributed by atoms with E-state index >= 15 is 0 Å². The Hall–Kier alpha value is -4.96. The number of phenolic OH excluding ortho intramolecular Hbond substituents is 1. The minimum atomic E-state index is -0.789. The monoisotopic (exact) mass is 672 g/mol. The molecule has 5 aromatic rings. The normalized spacial score (nSPS) is 17.7. The maximum Gasteiger partial charge on any atom is 0.318 e. The number of aromatic nitrogens is 1. The molecule has 1 aromatic heterocycles. The number of phenols is 1. The molecular weight excluding hydrogens is 628 g/mol. The largest absolute Gasteiger partial charge is 0.506 e. The van der Waals surface area contributed by atoms with Crippen LogP contribution in [0.1, 0.15) is 60.0 Å². The van der Waals surface area contributed by atoms with Gasteiger partial charge < -0.3 is 35.1 Å². The standard InChI is InChI=1S/C41H44N4O5/c1-44(30-12-14-31(15-13-30)50-41(49)40-34-8-4-2-6-32(34)33-7-3-5-9-35(33)40)20-21-45-19-18-28-22-27(10-16-37(28)45)24-42-25-39(48)29-11-17-38(47)36(23-29)43-26-46/h2-11,16-19,22-23,26,30-31,39-40,42,47-48H,12-15,20-21,24-25H2,1H3,(H,43,46)/t30?,31?,39-/m0/s1. The molecule has 0 spiro atoms. The molecule has 0 radical (unpaired) electrons. The van der Waals surface area contributed by atoms with E-state index in [9.17, 15) is 19.8 Å². The van der Waals surface area contributed by atoms with Crippen LogP contribution in [0.5, 0.6) is 5.75 Å². The van der Waals surface area contributed by atoms with Crippen LogP contribution in [0.3, 0.4) is 0 Å². The summed E-state index contributed by atoms with van der Waals surface area (Å²) >= 11 is 0. The van der Waals surface area contributed by atoms with Crippen molar-refractivity contribution in [2.45, 2.75) is 62.9 Å². The summed E-state index contributed by atoms with van der Waals surface area (Å²) in [6.07, 6.45) is 5.58. The van der Waals surface area contributed by atoms with Gasteiger partial charge in [-0.05, 0) is 102 Å². The van der Waals surface area contributed by atoms with E-state index < -0.39 is 6.10 Å². The number of nitrogens with zero attached hydrogens (tertiary/aromatic N) is 2. The number of aromatic hydroxyl groups is 1. The van der Waals surface area contributed by atoms with Gasteiger partial charge in [0.1, 0.15) is 17.8 Å². The van der Waals surface area contributed by atoms with Gasteiger partial charge in [0.25, 0.3) is 0 Å². The Bertz CT molecular complexity index is 1940. The molecule has 9 nitrogen and oxygen atoms in total. The fourth-order valence-corrected chi connectivity index (χ4v) is 7.66. The Labute approximate surface area is 292 Å². The van der Waals surface area contributed by atoms with Crippen LogP contribution in [-0.4, -0.2) is 64.3 Å². The maximum absolute atomic E-state index is 13.5. The summed E-state index contributed by atoms with van der Waals surface area (Å²) in [6.45, 7) is 2.73. The highest BCUT2D eigenvalue weighted by Crippen LogP contribution is 2.45. The van der Waals surface area contributed by atoms with Crippen molar-refractivity contribution in [2.24, 2.45) is 0 Å². The van der Waals surface area contributed by atoms with E-state index in [-0.39, 0.29) is 29.4 Å². The number of aliphatic hydroxyl groups is 1. The van der Waals surface area contributed by atoms with Gasteiger partial charge in [0.15, 0.2) is 0 Å². The van der Waals surface area contributed by atoms with Crippen LogP contribution < -0.4 is 10.6 Å². The summed E-state index contributed by atoms with van der Waals surface area (Å²) in [5, 5.41) is 27.4. The Kier molecular flexibility index (Phi) is 9.98. The minimum Gasteiger partial charge on any atom is -0.506 e. The average molecular weight is 673 g/mol. The Balaban J connectivity index is 0.871. The number of likely N-dealkylation sites (N-methyl/N-ethyl adjacent to an activating group) is 1. The summed E-state index contributed by atoms with van der Waals surface area (Å²) in [6, 6.07) is 30.1. The van der Waals surface area contributed by atoms with E-state index in [4.69, 9.17) is 4.74 Å². The third kappa shape index (κ3) is 7.03. The van der Waals surface area contributed by atoms with Crippen LogP contribution in [-0.2, 0) is 27.4 Å². The van der Waals surface area contributed by atoms with Crippen molar-refractivity contribution in [1.82, 2.24) is 14.8 Å². The number of ether oxygens (including phenoxy) is 1. The Morgan fingerprint density at radius 3 is 2.40 bits per heavy atom. The zero-order valence-electron chi connectivity index (χ0n) is 28.3. The lowest BCUT2D eigenvalue weighted by molar-refractivity contribution is -0.151. The number of nitrogens with one attached hydrogen (secondary N) is 2. The average Bonchev–Trinajstić information content (AvgIpc) is 3.70.